The highest BCUT2D eigenvalue weighted by Crippen LogP contribution is 2.29. The van der Waals surface area contributed by atoms with E-state index in [-0.39, 0.29) is 32.2 Å². The van der Waals surface area contributed by atoms with Crippen LogP contribution in [0.25, 0.3) is 4.85 Å². The molecule has 42 heavy (non-hydrogen) atoms. The van der Waals surface area contributed by atoms with Crippen molar-refractivity contribution in [3.05, 3.63) is 113 Å². The van der Waals surface area contributed by atoms with Gasteiger partial charge in [0.05, 0.1) is 13.2 Å². The Morgan fingerprint density at radius 1 is 0.881 bits per heavy atom. The third-order valence-corrected chi connectivity index (χ3v) is 5.95. The van der Waals surface area contributed by atoms with E-state index < -0.39 is 24.2 Å². The Kier molecular flexibility index (Phi) is 10.4. The van der Waals surface area contributed by atoms with Crippen LogP contribution in [0.1, 0.15) is 29.0 Å². The van der Waals surface area contributed by atoms with Crippen molar-refractivity contribution in [1.82, 2.24) is 25.5 Å². The largest absolute Gasteiger partial charge is 0.487 e. The average Bonchev–Trinajstić information content (AvgIpc) is 3.48. The molecule has 1 heterocycles. The number of benzene rings is 3. The molecule has 0 spiro atoms. The molecule has 0 radical (unpaired) electrons. The second kappa shape index (κ2) is 14.6. The number of nitrogens with one attached hydrogen (secondary N) is 1. The lowest BCUT2D eigenvalue weighted by atomic mass is 10.2. The van der Waals surface area contributed by atoms with Gasteiger partial charge < -0.3 is 24.4 Å². The SMILES string of the molecule is [C-]#[N+]C[C@H](COc1ccccc1OCc1ccccc1)n1nnnc1[C@@H](COCc1ccccc1)NC(=O)C(F)(F)F. The fraction of sp³-hybridized carbons (Fsp3) is 0.276. The van der Waals surface area contributed by atoms with Gasteiger partial charge in [0.25, 0.3) is 0 Å². The predicted molar refractivity (Wildman–Crippen MR) is 144 cm³/mol. The number of para-hydroxylation sites is 2. The van der Waals surface area contributed by atoms with Crippen LogP contribution in [0, 0.1) is 6.57 Å². The Morgan fingerprint density at radius 2 is 1.48 bits per heavy atom. The van der Waals surface area contributed by atoms with Crippen LogP contribution in [-0.4, -0.2) is 52.0 Å². The van der Waals surface area contributed by atoms with Gasteiger partial charge in [-0.15, -0.1) is 5.10 Å². The Hall–Kier alpha value is -4.96. The van der Waals surface area contributed by atoms with Crippen LogP contribution in [0.4, 0.5) is 13.2 Å². The van der Waals surface area contributed by atoms with Crippen molar-refractivity contribution in [2.75, 3.05) is 19.8 Å². The summed E-state index contributed by atoms with van der Waals surface area (Å²) in [6.07, 6.45) is -5.14. The zero-order valence-corrected chi connectivity index (χ0v) is 22.3. The highest BCUT2D eigenvalue weighted by atomic mass is 19.4. The second-order valence-corrected chi connectivity index (χ2v) is 9.03. The number of hydrogen-bond acceptors (Lipinski definition) is 7. The minimum Gasteiger partial charge on any atom is -0.487 e. The van der Waals surface area contributed by atoms with Crippen molar-refractivity contribution in [3.8, 4) is 11.5 Å². The van der Waals surface area contributed by atoms with Crippen molar-refractivity contribution >= 4 is 5.91 Å². The molecule has 4 aromatic rings. The number of rotatable bonds is 14. The van der Waals surface area contributed by atoms with E-state index in [4.69, 9.17) is 20.8 Å². The monoisotopic (exact) mass is 580 g/mol. The third-order valence-electron chi connectivity index (χ3n) is 5.95. The lowest BCUT2D eigenvalue weighted by molar-refractivity contribution is -0.175. The maximum atomic E-state index is 13.2. The number of halogens is 3. The van der Waals surface area contributed by atoms with Crippen molar-refractivity contribution < 1.29 is 32.2 Å². The number of carbonyl (C=O) groups is 1. The van der Waals surface area contributed by atoms with Gasteiger partial charge in [0.1, 0.15) is 19.3 Å². The van der Waals surface area contributed by atoms with E-state index >= 15 is 0 Å². The number of amides is 1. The van der Waals surface area contributed by atoms with E-state index in [1.54, 1.807) is 48.5 Å². The van der Waals surface area contributed by atoms with Crippen molar-refractivity contribution in [1.29, 1.82) is 0 Å². The quantitative estimate of drug-likeness (QED) is 0.215. The molecule has 0 fully saturated rings. The summed E-state index contributed by atoms with van der Waals surface area (Å²) in [5.74, 6) is -1.44. The minimum atomic E-state index is -5.14. The molecule has 2 atom stereocenters. The molecular weight excluding hydrogens is 553 g/mol. The molecule has 13 heteroatoms. The average molecular weight is 581 g/mol. The number of tetrazole rings is 1. The van der Waals surface area contributed by atoms with Crippen LogP contribution < -0.4 is 14.8 Å². The van der Waals surface area contributed by atoms with Gasteiger partial charge in [-0.25, -0.2) is 11.3 Å². The van der Waals surface area contributed by atoms with Crippen LogP contribution in [0.3, 0.4) is 0 Å². The number of alkyl halides is 3. The van der Waals surface area contributed by atoms with Crippen molar-refractivity contribution in [2.45, 2.75) is 31.5 Å². The first-order chi connectivity index (χ1) is 20.3. The van der Waals surface area contributed by atoms with E-state index in [9.17, 15) is 18.0 Å². The molecule has 1 amide bonds. The molecule has 3 aromatic carbocycles. The summed E-state index contributed by atoms with van der Waals surface area (Å²) >= 11 is 0. The van der Waals surface area contributed by atoms with Gasteiger partial charge in [-0.05, 0) is 33.7 Å². The van der Waals surface area contributed by atoms with E-state index in [2.05, 4.69) is 20.4 Å². The van der Waals surface area contributed by atoms with E-state index in [0.717, 1.165) is 11.1 Å². The van der Waals surface area contributed by atoms with E-state index in [1.165, 1.54) is 4.68 Å². The summed E-state index contributed by atoms with van der Waals surface area (Å²) in [6.45, 7) is 7.16. The first-order valence-corrected chi connectivity index (χ1v) is 12.8. The molecule has 0 aliphatic rings. The summed E-state index contributed by atoms with van der Waals surface area (Å²) in [4.78, 5) is 15.3. The smallest absolute Gasteiger partial charge is 0.471 e. The molecule has 4 rings (SSSR count). The topological polar surface area (TPSA) is 105 Å². The second-order valence-electron chi connectivity index (χ2n) is 9.03. The molecule has 1 N–H and O–H groups in total. The first-order valence-electron chi connectivity index (χ1n) is 12.8. The van der Waals surface area contributed by atoms with Crippen LogP contribution in [0.15, 0.2) is 84.9 Å². The lowest BCUT2D eigenvalue weighted by Crippen LogP contribution is -2.42. The first kappa shape index (κ1) is 30.0. The number of carbonyl (C=O) groups excluding carboxylic acids is 1. The Labute approximate surface area is 239 Å². The fourth-order valence-electron chi connectivity index (χ4n) is 3.90. The normalized spacial score (nSPS) is 12.6. The zero-order valence-electron chi connectivity index (χ0n) is 22.3. The third kappa shape index (κ3) is 8.52. The number of hydrogen-bond donors (Lipinski definition) is 1. The highest BCUT2D eigenvalue weighted by Gasteiger charge is 2.41. The molecule has 10 nitrogen and oxygen atoms in total. The molecule has 0 saturated carbocycles. The maximum absolute atomic E-state index is 13.2. The standard InChI is InChI=1S/C29H27F3N6O4/c1-33-16-23(19-42-26-15-9-8-14-25(26)41-18-22-12-6-3-7-13-22)38-27(35-36-37-38)24(34-28(39)29(30,31)32)20-40-17-21-10-4-2-5-11-21/h2-15,23-24H,16-20H2,(H,34,39)/t23-,24-/m1/s1. The van der Waals surface area contributed by atoms with E-state index in [1.807, 2.05) is 41.7 Å². The molecule has 218 valence electrons. The van der Waals surface area contributed by atoms with Crippen LogP contribution in [-0.2, 0) is 22.7 Å². The van der Waals surface area contributed by atoms with Gasteiger partial charge >= 0.3 is 12.1 Å². The summed E-state index contributed by atoms with van der Waals surface area (Å²) in [5, 5.41) is 13.3. The van der Waals surface area contributed by atoms with Crippen molar-refractivity contribution in [3.63, 3.8) is 0 Å². The Morgan fingerprint density at radius 3 is 2.10 bits per heavy atom. The molecule has 0 aliphatic carbocycles. The summed E-state index contributed by atoms with van der Waals surface area (Å²) in [5.41, 5.74) is 1.74. The Balaban J connectivity index is 1.50. The van der Waals surface area contributed by atoms with Crippen LogP contribution >= 0.6 is 0 Å². The van der Waals surface area contributed by atoms with Crippen LogP contribution in [0.2, 0.25) is 0 Å². The van der Waals surface area contributed by atoms with Crippen molar-refractivity contribution in [2.24, 2.45) is 0 Å². The Bertz CT molecular complexity index is 1460. The summed E-state index contributed by atoms with van der Waals surface area (Å²) in [7, 11) is 0. The highest BCUT2D eigenvalue weighted by molar-refractivity contribution is 5.82. The van der Waals surface area contributed by atoms with Gasteiger partial charge in [-0.1, -0.05) is 72.8 Å². The minimum absolute atomic E-state index is 0.0785. The zero-order chi connectivity index (χ0) is 29.8. The van der Waals surface area contributed by atoms with Gasteiger partial charge in [0.15, 0.2) is 23.4 Å². The molecule has 0 bridgehead atoms. The molecule has 0 saturated heterocycles. The number of ether oxygens (including phenoxy) is 3. The summed E-state index contributed by atoms with van der Waals surface area (Å²) in [6, 6.07) is 23.3. The molecule has 1 aromatic heterocycles. The van der Waals surface area contributed by atoms with E-state index in [0.29, 0.717) is 18.1 Å². The fourth-order valence-corrected chi connectivity index (χ4v) is 3.90. The lowest BCUT2D eigenvalue weighted by Gasteiger charge is -2.21. The van der Waals surface area contributed by atoms with Gasteiger partial charge in [-0.2, -0.15) is 13.2 Å². The van der Waals surface area contributed by atoms with Crippen LogP contribution in [0.5, 0.6) is 11.5 Å². The van der Waals surface area contributed by atoms with Gasteiger partial charge in [0.2, 0.25) is 6.54 Å². The predicted octanol–water partition coefficient (Wildman–Crippen LogP) is 4.73. The van der Waals surface area contributed by atoms with Gasteiger partial charge in [-0.3, -0.25) is 4.79 Å². The molecular formula is C29H27F3N6O4. The summed E-state index contributed by atoms with van der Waals surface area (Å²) < 4.78 is 58.2. The van der Waals surface area contributed by atoms with Gasteiger partial charge in [0, 0.05) is 0 Å². The number of nitrogens with zero attached hydrogens (tertiary/aromatic N) is 5. The molecule has 0 unspecified atom stereocenters. The maximum Gasteiger partial charge on any atom is 0.471 e. The number of aromatic nitrogens is 4. The molecule has 0 aliphatic heterocycles.